The second-order valence-electron chi connectivity index (χ2n) is 13.7. The van der Waals surface area contributed by atoms with Gasteiger partial charge in [0.25, 0.3) is 5.91 Å². The topological polar surface area (TPSA) is 83.8 Å². The number of hydrogen-bond donors (Lipinski definition) is 0. The maximum absolute atomic E-state index is 13.4. The molecule has 2 aromatic carbocycles. The summed E-state index contributed by atoms with van der Waals surface area (Å²) in [6, 6.07) is 13.1. The van der Waals surface area contributed by atoms with E-state index in [-0.39, 0.29) is 11.9 Å². The third-order valence-corrected chi connectivity index (χ3v) is 8.64. The Morgan fingerprint density at radius 2 is 1.78 bits per heavy atom. The van der Waals surface area contributed by atoms with Crippen molar-refractivity contribution in [2.24, 2.45) is 0 Å². The van der Waals surface area contributed by atoms with Gasteiger partial charge in [0.05, 0.1) is 11.9 Å². The number of carbonyl (C=O) groups excluding carboxylic acids is 2. The molecular weight excluding hydrogens is 564 g/mol. The molecule has 0 saturated carbocycles. The van der Waals surface area contributed by atoms with Crippen molar-refractivity contribution in [3.63, 3.8) is 0 Å². The summed E-state index contributed by atoms with van der Waals surface area (Å²) >= 11 is 0. The Morgan fingerprint density at radius 1 is 1.04 bits per heavy atom. The van der Waals surface area contributed by atoms with E-state index in [2.05, 4.69) is 55.9 Å². The van der Waals surface area contributed by atoms with Crippen LogP contribution >= 0.6 is 0 Å². The third kappa shape index (κ3) is 6.59. The Morgan fingerprint density at radius 3 is 2.38 bits per heavy atom. The zero-order valence-corrected chi connectivity index (χ0v) is 28.3. The first-order valence-corrected chi connectivity index (χ1v) is 15.7. The molecule has 5 rings (SSSR count). The first kappa shape index (κ1) is 32.2. The lowest BCUT2D eigenvalue weighted by Gasteiger charge is -2.27. The highest BCUT2D eigenvalue weighted by atomic mass is 16.6. The lowest BCUT2D eigenvalue weighted by Crippen LogP contribution is -2.27. The summed E-state index contributed by atoms with van der Waals surface area (Å²) in [7, 11) is 7.66. The van der Waals surface area contributed by atoms with Crippen LogP contribution in [0.25, 0.3) is 33.5 Å². The lowest BCUT2D eigenvalue weighted by molar-refractivity contribution is 0.0543. The Balaban J connectivity index is 1.70. The molecule has 4 aromatic rings. The molecule has 9 heteroatoms. The van der Waals surface area contributed by atoms with Crippen LogP contribution < -0.4 is 4.90 Å². The van der Waals surface area contributed by atoms with Gasteiger partial charge >= 0.3 is 6.09 Å². The minimum Gasteiger partial charge on any atom is -0.443 e. The van der Waals surface area contributed by atoms with Crippen LogP contribution in [0.5, 0.6) is 0 Å². The summed E-state index contributed by atoms with van der Waals surface area (Å²) in [5.41, 5.74) is 7.46. The quantitative estimate of drug-likeness (QED) is 0.229. The second-order valence-corrected chi connectivity index (χ2v) is 13.7. The summed E-state index contributed by atoms with van der Waals surface area (Å²) in [6.07, 6.45) is 5.31. The number of aryl methyl sites for hydroxylation is 1. The molecular formula is C36H46N6O3. The van der Waals surface area contributed by atoms with Gasteiger partial charge < -0.3 is 19.4 Å². The molecule has 2 atom stereocenters. The summed E-state index contributed by atoms with van der Waals surface area (Å²) in [6.45, 7) is 13.0. The number of nitrogens with zero attached hydrogens (tertiary/aromatic N) is 6. The molecule has 1 aliphatic heterocycles. The van der Waals surface area contributed by atoms with Gasteiger partial charge in [-0.05, 0) is 109 Å². The van der Waals surface area contributed by atoms with E-state index in [9.17, 15) is 9.59 Å². The molecule has 0 spiro atoms. The van der Waals surface area contributed by atoms with E-state index in [1.54, 1.807) is 31.4 Å². The molecule has 0 N–H and O–H groups in total. The SMILES string of the molecule is Cc1cc(-c2cn(C(=O)OC(C)(C)C)c3ncc(-c4cc(C(C)N(C)C)cc(N5CCCC5C)c4)nc23)ccc1C(=O)N(C)C. The van der Waals surface area contributed by atoms with Crippen LogP contribution in [0.3, 0.4) is 0 Å². The number of fused-ring (bicyclic) bond motifs is 1. The number of rotatable bonds is 6. The molecule has 1 amide bonds. The predicted molar refractivity (Wildman–Crippen MR) is 181 cm³/mol. The van der Waals surface area contributed by atoms with Gasteiger partial charge in [0.15, 0.2) is 5.65 Å². The van der Waals surface area contributed by atoms with E-state index in [4.69, 9.17) is 14.7 Å². The zero-order valence-electron chi connectivity index (χ0n) is 28.3. The van der Waals surface area contributed by atoms with Gasteiger partial charge in [-0.15, -0.1) is 0 Å². The molecule has 9 nitrogen and oxygen atoms in total. The highest BCUT2D eigenvalue weighted by Crippen LogP contribution is 2.36. The van der Waals surface area contributed by atoms with Crippen molar-refractivity contribution in [2.45, 2.75) is 72.1 Å². The van der Waals surface area contributed by atoms with Gasteiger partial charge in [-0.1, -0.05) is 12.1 Å². The molecule has 238 valence electrons. The van der Waals surface area contributed by atoms with Crippen molar-refractivity contribution in [3.8, 4) is 22.4 Å². The molecule has 1 fully saturated rings. The first-order valence-electron chi connectivity index (χ1n) is 15.7. The normalized spacial score (nSPS) is 16.0. The van der Waals surface area contributed by atoms with Gasteiger partial charge in [0, 0.05) is 61.3 Å². The first-order chi connectivity index (χ1) is 21.1. The average Bonchev–Trinajstić information content (AvgIpc) is 3.58. The molecule has 1 aliphatic rings. The minimum atomic E-state index is -0.682. The van der Waals surface area contributed by atoms with Crippen LogP contribution in [0, 0.1) is 6.92 Å². The van der Waals surface area contributed by atoms with E-state index in [1.807, 2.05) is 45.9 Å². The maximum atomic E-state index is 13.4. The second kappa shape index (κ2) is 12.3. The van der Waals surface area contributed by atoms with Crippen LogP contribution in [0.1, 0.15) is 75.0 Å². The van der Waals surface area contributed by atoms with Crippen molar-refractivity contribution < 1.29 is 14.3 Å². The third-order valence-electron chi connectivity index (χ3n) is 8.64. The standard InChI is InChI=1S/C36H46N6O3/c1-22-16-25(13-14-29(22)34(43)40(9)10)30-21-42(35(44)45-36(4,5)6)33-32(30)38-31(20-37-33)27-17-26(24(3)39(7)8)18-28(19-27)41-15-11-12-23(41)2/h13-14,16-21,23-24H,11-12,15H2,1-10H3. The summed E-state index contributed by atoms with van der Waals surface area (Å²) in [5, 5.41) is 0. The summed E-state index contributed by atoms with van der Waals surface area (Å²) in [4.78, 5) is 42.4. The number of hydrogen-bond acceptors (Lipinski definition) is 7. The number of amides is 1. The van der Waals surface area contributed by atoms with Gasteiger partial charge in [0.2, 0.25) is 0 Å². The molecule has 0 radical (unpaired) electrons. The molecule has 2 unspecified atom stereocenters. The maximum Gasteiger partial charge on any atom is 0.420 e. The van der Waals surface area contributed by atoms with E-state index in [0.717, 1.165) is 34.5 Å². The number of carbonyl (C=O) groups is 2. The molecule has 3 heterocycles. The number of anilines is 1. The number of aromatic nitrogens is 3. The van der Waals surface area contributed by atoms with Gasteiger partial charge in [-0.3, -0.25) is 4.79 Å². The van der Waals surface area contributed by atoms with Crippen molar-refractivity contribution in [2.75, 3.05) is 39.6 Å². The minimum absolute atomic E-state index is 0.0627. The van der Waals surface area contributed by atoms with E-state index >= 15 is 0 Å². The van der Waals surface area contributed by atoms with Gasteiger partial charge in [-0.2, -0.15) is 0 Å². The van der Waals surface area contributed by atoms with Crippen LogP contribution in [-0.4, -0.2) is 82.7 Å². The monoisotopic (exact) mass is 610 g/mol. The van der Waals surface area contributed by atoms with Crippen molar-refractivity contribution in [1.82, 2.24) is 24.3 Å². The summed E-state index contributed by atoms with van der Waals surface area (Å²) < 4.78 is 7.17. The predicted octanol–water partition coefficient (Wildman–Crippen LogP) is 7.17. The highest BCUT2D eigenvalue weighted by Gasteiger charge is 2.26. The summed E-state index contributed by atoms with van der Waals surface area (Å²) in [5.74, 6) is -0.0627. The van der Waals surface area contributed by atoms with E-state index in [1.165, 1.54) is 28.7 Å². The van der Waals surface area contributed by atoms with E-state index in [0.29, 0.717) is 22.8 Å². The van der Waals surface area contributed by atoms with Gasteiger partial charge in [0.1, 0.15) is 11.1 Å². The lowest BCUT2D eigenvalue weighted by atomic mass is 9.99. The molecule has 0 bridgehead atoms. The van der Waals surface area contributed by atoms with Crippen molar-refractivity contribution in [3.05, 3.63) is 65.5 Å². The number of ether oxygens (including phenoxy) is 1. The van der Waals surface area contributed by atoms with Crippen LogP contribution in [0.15, 0.2) is 48.8 Å². The van der Waals surface area contributed by atoms with E-state index < -0.39 is 11.7 Å². The van der Waals surface area contributed by atoms with Gasteiger partial charge in [-0.25, -0.2) is 19.3 Å². The Hall–Kier alpha value is -4.24. The molecule has 0 aliphatic carbocycles. The fourth-order valence-corrected chi connectivity index (χ4v) is 5.91. The smallest absolute Gasteiger partial charge is 0.420 e. The Bertz CT molecular complexity index is 1750. The van der Waals surface area contributed by atoms with Crippen LogP contribution in [-0.2, 0) is 4.74 Å². The van der Waals surface area contributed by atoms with Crippen LogP contribution in [0.2, 0.25) is 0 Å². The largest absolute Gasteiger partial charge is 0.443 e. The highest BCUT2D eigenvalue weighted by molar-refractivity contribution is 5.99. The molecule has 1 saturated heterocycles. The Kier molecular flexibility index (Phi) is 8.77. The Labute approximate surface area is 266 Å². The average molecular weight is 611 g/mol. The fraction of sp³-hybridized carbons (Fsp3) is 0.444. The molecule has 2 aromatic heterocycles. The zero-order chi connectivity index (χ0) is 32.8. The van der Waals surface area contributed by atoms with Crippen molar-refractivity contribution >= 4 is 28.9 Å². The van der Waals surface area contributed by atoms with Crippen molar-refractivity contribution in [1.29, 1.82) is 0 Å². The molecule has 45 heavy (non-hydrogen) atoms. The van der Waals surface area contributed by atoms with Crippen LogP contribution in [0.4, 0.5) is 10.5 Å². The fourth-order valence-electron chi connectivity index (χ4n) is 5.91. The number of benzene rings is 2.